The summed E-state index contributed by atoms with van der Waals surface area (Å²) in [5.74, 6) is -0.596. The highest BCUT2D eigenvalue weighted by atomic mass is 32.1. The van der Waals surface area contributed by atoms with Gasteiger partial charge >= 0.3 is 5.76 Å². The standard InChI is InChI=1S/C16H13N3O3S/c17-10-11-7-9-23-15(11)18-14(20)6-3-8-19-12-4-1-2-5-13(12)22-16(19)21/h1-2,4-5,7,9H,3,6,8H2,(H,18,20). The third kappa shape index (κ3) is 3.17. The van der Waals surface area contributed by atoms with Crippen LogP contribution in [-0.2, 0) is 11.3 Å². The number of hydrogen-bond donors (Lipinski definition) is 1. The second-order valence-electron chi connectivity index (χ2n) is 4.91. The molecule has 6 nitrogen and oxygen atoms in total. The van der Waals surface area contributed by atoms with Gasteiger partial charge in [-0.05, 0) is 30.0 Å². The average Bonchev–Trinajstić information content (AvgIpc) is 3.11. The Morgan fingerprint density at radius 3 is 3.00 bits per heavy atom. The molecule has 1 aromatic carbocycles. The van der Waals surface area contributed by atoms with Crippen LogP contribution in [0.5, 0.6) is 0 Å². The number of hydrogen-bond acceptors (Lipinski definition) is 5. The number of nitrogens with zero attached hydrogens (tertiary/aromatic N) is 2. The minimum Gasteiger partial charge on any atom is -0.408 e. The Morgan fingerprint density at radius 2 is 2.17 bits per heavy atom. The van der Waals surface area contributed by atoms with Gasteiger partial charge in [-0.3, -0.25) is 9.36 Å². The first-order chi connectivity index (χ1) is 11.2. The van der Waals surface area contributed by atoms with E-state index in [2.05, 4.69) is 5.32 Å². The maximum Gasteiger partial charge on any atom is 0.419 e. The van der Waals surface area contributed by atoms with Gasteiger partial charge in [0, 0.05) is 13.0 Å². The predicted octanol–water partition coefficient (Wildman–Crippen LogP) is 2.95. The topological polar surface area (TPSA) is 88.0 Å². The van der Waals surface area contributed by atoms with E-state index < -0.39 is 5.76 Å². The lowest BCUT2D eigenvalue weighted by Gasteiger charge is -2.04. The zero-order valence-electron chi connectivity index (χ0n) is 12.1. The molecule has 0 aliphatic rings. The van der Waals surface area contributed by atoms with E-state index >= 15 is 0 Å². The van der Waals surface area contributed by atoms with Crippen molar-refractivity contribution in [2.45, 2.75) is 19.4 Å². The van der Waals surface area contributed by atoms with Crippen molar-refractivity contribution in [3.63, 3.8) is 0 Å². The Kier molecular flexibility index (Phi) is 4.26. The SMILES string of the molecule is N#Cc1ccsc1NC(=O)CCCn1c(=O)oc2ccccc21. The summed E-state index contributed by atoms with van der Waals surface area (Å²) in [6.07, 6.45) is 0.761. The number of para-hydroxylation sites is 2. The fourth-order valence-corrected chi connectivity index (χ4v) is 3.06. The van der Waals surface area contributed by atoms with Crippen LogP contribution in [0, 0.1) is 11.3 Å². The van der Waals surface area contributed by atoms with E-state index in [0.717, 1.165) is 5.52 Å². The smallest absolute Gasteiger partial charge is 0.408 e. The zero-order chi connectivity index (χ0) is 16.2. The second kappa shape index (κ2) is 6.50. The number of rotatable bonds is 5. The number of nitriles is 1. The first kappa shape index (κ1) is 15.1. The molecule has 2 heterocycles. The van der Waals surface area contributed by atoms with Crippen molar-refractivity contribution < 1.29 is 9.21 Å². The Labute approximate surface area is 135 Å². The summed E-state index contributed by atoms with van der Waals surface area (Å²) in [5.41, 5.74) is 1.72. The third-order valence-electron chi connectivity index (χ3n) is 3.40. The number of benzene rings is 1. The molecule has 2 aromatic heterocycles. The number of fused-ring (bicyclic) bond motifs is 1. The molecule has 0 saturated heterocycles. The molecule has 7 heteroatoms. The van der Waals surface area contributed by atoms with Gasteiger partial charge in [-0.25, -0.2) is 4.79 Å². The molecular formula is C16H13N3O3S. The quantitative estimate of drug-likeness (QED) is 0.780. The van der Waals surface area contributed by atoms with Crippen molar-refractivity contribution in [1.82, 2.24) is 4.57 Å². The molecule has 0 unspecified atom stereocenters. The Hall–Kier alpha value is -2.85. The lowest BCUT2D eigenvalue weighted by atomic mass is 10.2. The molecule has 116 valence electrons. The Balaban J connectivity index is 1.61. The summed E-state index contributed by atoms with van der Waals surface area (Å²) in [4.78, 5) is 23.7. The average molecular weight is 327 g/mol. The molecule has 0 spiro atoms. The van der Waals surface area contributed by atoms with Gasteiger partial charge in [0.15, 0.2) is 5.58 Å². The molecule has 1 N–H and O–H groups in total. The molecule has 0 atom stereocenters. The number of amides is 1. The number of aryl methyl sites for hydroxylation is 1. The zero-order valence-corrected chi connectivity index (χ0v) is 12.9. The van der Waals surface area contributed by atoms with Crippen molar-refractivity contribution >= 4 is 33.3 Å². The molecule has 0 aliphatic carbocycles. The van der Waals surface area contributed by atoms with E-state index in [1.54, 1.807) is 23.6 Å². The highest BCUT2D eigenvalue weighted by molar-refractivity contribution is 7.14. The largest absolute Gasteiger partial charge is 0.419 e. The van der Waals surface area contributed by atoms with Crippen LogP contribution < -0.4 is 11.1 Å². The van der Waals surface area contributed by atoms with E-state index in [1.165, 1.54) is 15.9 Å². The number of carbonyl (C=O) groups excluding carboxylic acids is 1. The number of anilines is 1. The highest BCUT2D eigenvalue weighted by Crippen LogP contribution is 2.22. The van der Waals surface area contributed by atoms with Crippen LogP contribution in [0.25, 0.3) is 11.1 Å². The maximum absolute atomic E-state index is 11.9. The lowest BCUT2D eigenvalue weighted by molar-refractivity contribution is -0.116. The lowest BCUT2D eigenvalue weighted by Crippen LogP contribution is -2.17. The van der Waals surface area contributed by atoms with Crippen LogP contribution in [0.1, 0.15) is 18.4 Å². The van der Waals surface area contributed by atoms with Gasteiger partial charge in [-0.2, -0.15) is 5.26 Å². The first-order valence-electron chi connectivity index (χ1n) is 7.05. The molecular weight excluding hydrogens is 314 g/mol. The maximum atomic E-state index is 11.9. The molecule has 3 rings (SSSR count). The van der Waals surface area contributed by atoms with Crippen LogP contribution in [0.15, 0.2) is 44.9 Å². The van der Waals surface area contributed by atoms with Crippen molar-refractivity contribution in [1.29, 1.82) is 5.26 Å². The molecule has 3 aromatic rings. The molecule has 0 radical (unpaired) electrons. The molecule has 1 amide bonds. The van der Waals surface area contributed by atoms with Crippen LogP contribution in [0.2, 0.25) is 0 Å². The van der Waals surface area contributed by atoms with Crippen molar-refractivity contribution in [3.05, 3.63) is 51.8 Å². The second-order valence-corrected chi connectivity index (χ2v) is 5.83. The number of thiophene rings is 1. The first-order valence-corrected chi connectivity index (χ1v) is 7.93. The van der Waals surface area contributed by atoms with Crippen molar-refractivity contribution in [2.75, 3.05) is 5.32 Å². The summed E-state index contributed by atoms with van der Waals surface area (Å²) >= 11 is 1.31. The summed E-state index contributed by atoms with van der Waals surface area (Å²) in [5, 5.41) is 13.9. The van der Waals surface area contributed by atoms with E-state index in [-0.39, 0.29) is 12.3 Å². The van der Waals surface area contributed by atoms with Gasteiger partial charge in [0.25, 0.3) is 0 Å². The number of nitrogens with one attached hydrogen (secondary N) is 1. The van der Waals surface area contributed by atoms with Crippen molar-refractivity contribution in [2.24, 2.45) is 0 Å². The van der Waals surface area contributed by atoms with Crippen LogP contribution in [0.4, 0.5) is 5.00 Å². The van der Waals surface area contributed by atoms with Gasteiger partial charge < -0.3 is 9.73 Å². The normalized spacial score (nSPS) is 10.6. The number of carbonyl (C=O) groups is 1. The van der Waals surface area contributed by atoms with Gasteiger partial charge in [-0.15, -0.1) is 11.3 Å². The van der Waals surface area contributed by atoms with Crippen LogP contribution in [-0.4, -0.2) is 10.5 Å². The summed E-state index contributed by atoms with van der Waals surface area (Å²) < 4.78 is 6.67. The van der Waals surface area contributed by atoms with E-state index in [9.17, 15) is 9.59 Å². The highest BCUT2D eigenvalue weighted by Gasteiger charge is 2.11. The summed E-state index contributed by atoms with van der Waals surface area (Å²) in [7, 11) is 0. The molecule has 23 heavy (non-hydrogen) atoms. The molecule has 0 aliphatic heterocycles. The molecule has 0 fully saturated rings. The summed E-state index contributed by atoms with van der Waals surface area (Å²) in [6, 6.07) is 10.9. The van der Waals surface area contributed by atoms with Crippen LogP contribution in [0.3, 0.4) is 0 Å². The minimum atomic E-state index is -0.420. The molecule has 0 saturated carbocycles. The number of aromatic nitrogens is 1. The van der Waals surface area contributed by atoms with E-state index in [1.807, 2.05) is 18.2 Å². The Bertz CT molecular complexity index is 945. The van der Waals surface area contributed by atoms with Crippen molar-refractivity contribution in [3.8, 4) is 6.07 Å². The fraction of sp³-hybridized carbons (Fsp3) is 0.188. The Morgan fingerprint density at radius 1 is 1.35 bits per heavy atom. The number of oxazole rings is 1. The predicted molar refractivity (Wildman–Crippen MR) is 87.4 cm³/mol. The van der Waals surface area contributed by atoms with Gasteiger partial charge in [0.1, 0.15) is 11.1 Å². The van der Waals surface area contributed by atoms with Gasteiger partial charge in [0.05, 0.1) is 11.1 Å². The van der Waals surface area contributed by atoms with Gasteiger partial charge in [0.2, 0.25) is 5.91 Å². The molecule has 0 bridgehead atoms. The van der Waals surface area contributed by atoms with Gasteiger partial charge in [-0.1, -0.05) is 12.1 Å². The minimum absolute atomic E-state index is 0.176. The monoisotopic (exact) mass is 327 g/mol. The van der Waals surface area contributed by atoms with E-state index in [4.69, 9.17) is 9.68 Å². The van der Waals surface area contributed by atoms with E-state index in [0.29, 0.717) is 29.1 Å². The van der Waals surface area contributed by atoms with Crippen LogP contribution >= 0.6 is 11.3 Å². The summed E-state index contributed by atoms with van der Waals surface area (Å²) in [6.45, 7) is 0.402. The third-order valence-corrected chi connectivity index (χ3v) is 4.23. The fourth-order valence-electron chi connectivity index (χ4n) is 2.31.